The standard InChI is InChI=1S/C11H16N4O4/c1-18-9-8(15(16)17)10(14-7-13-9)19-6-11(12)4-2-3-5-11/h7H,2-6,12H2,1H3. The Bertz CT molecular complexity index is 474. The SMILES string of the molecule is COc1ncnc(OCC2(N)CCCC2)c1[N+](=O)[O-]. The van der Waals surface area contributed by atoms with Crippen LogP contribution in [0.2, 0.25) is 0 Å². The summed E-state index contributed by atoms with van der Waals surface area (Å²) in [5.74, 6) is -0.221. The normalized spacial score (nSPS) is 17.2. The fourth-order valence-electron chi connectivity index (χ4n) is 2.19. The second-order valence-electron chi connectivity index (χ2n) is 4.65. The summed E-state index contributed by atoms with van der Waals surface area (Å²) in [6.07, 6.45) is 4.97. The van der Waals surface area contributed by atoms with E-state index in [1.807, 2.05) is 0 Å². The Morgan fingerprint density at radius 2 is 2.05 bits per heavy atom. The minimum absolute atomic E-state index is 0.103. The van der Waals surface area contributed by atoms with E-state index in [4.69, 9.17) is 15.2 Å². The molecule has 1 aromatic heterocycles. The predicted molar refractivity (Wildman–Crippen MR) is 66.1 cm³/mol. The van der Waals surface area contributed by atoms with Crippen molar-refractivity contribution in [2.75, 3.05) is 13.7 Å². The number of hydrogen-bond donors (Lipinski definition) is 1. The highest BCUT2D eigenvalue weighted by Gasteiger charge is 2.32. The summed E-state index contributed by atoms with van der Waals surface area (Å²) in [5.41, 5.74) is 5.34. The van der Waals surface area contributed by atoms with Gasteiger partial charge >= 0.3 is 17.4 Å². The number of ether oxygens (including phenoxy) is 2. The maximum absolute atomic E-state index is 11.0. The second kappa shape index (κ2) is 5.35. The largest absolute Gasteiger partial charge is 0.476 e. The Hall–Kier alpha value is -1.96. The number of nitrogens with zero attached hydrogens (tertiary/aromatic N) is 3. The van der Waals surface area contributed by atoms with E-state index in [2.05, 4.69) is 9.97 Å². The Kier molecular flexibility index (Phi) is 3.79. The fourth-order valence-corrected chi connectivity index (χ4v) is 2.19. The first-order chi connectivity index (χ1) is 9.06. The number of rotatable bonds is 5. The van der Waals surface area contributed by atoms with Gasteiger partial charge in [-0.3, -0.25) is 10.1 Å². The van der Waals surface area contributed by atoms with Gasteiger partial charge in [0.2, 0.25) is 0 Å². The highest BCUT2D eigenvalue weighted by Crippen LogP contribution is 2.34. The van der Waals surface area contributed by atoms with Gasteiger partial charge in [0.05, 0.1) is 17.6 Å². The van der Waals surface area contributed by atoms with Crippen molar-refractivity contribution < 1.29 is 14.4 Å². The minimum atomic E-state index is -0.619. The van der Waals surface area contributed by atoms with Crippen LogP contribution in [0.4, 0.5) is 5.69 Å². The van der Waals surface area contributed by atoms with Gasteiger partial charge in [0, 0.05) is 0 Å². The van der Waals surface area contributed by atoms with Crippen LogP contribution in [-0.4, -0.2) is 34.1 Å². The zero-order chi connectivity index (χ0) is 13.9. The highest BCUT2D eigenvalue weighted by molar-refractivity contribution is 5.49. The van der Waals surface area contributed by atoms with Crippen LogP contribution in [0.1, 0.15) is 25.7 Å². The van der Waals surface area contributed by atoms with E-state index < -0.39 is 10.5 Å². The average Bonchev–Trinajstić information content (AvgIpc) is 2.83. The zero-order valence-corrected chi connectivity index (χ0v) is 10.7. The highest BCUT2D eigenvalue weighted by atomic mass is 16.6. The molecule has 104 valence electrons. The van der Waals surface area contributed by atoms with Gasteiger partial charge in [-0.2, -0.15) is 9.97 Å². The second-order valence-corrected chi connectivity index (χ2v) is 4.65. The fraction of sp³-hybridized carbons (Fsp3) is 0.636. The maximum Gasteiger partial charge on any atom is 0.392 e. The Balaban J connectivity index is 2.17. The lowest BCUT2D eigenvalue weighted by Gasteiger charge is -2.22. The number of hydrogen-bond acceptors (Lipinski definition) is 7. The van der Waals surface area contributed by atoms with Crippen molar-refractivity contribution >= 4 is 5.69 Å². The molecule has 0 unspecified atom stereocenters. The Morgan fingerprint density at radius 1 is 1.42 bits per heavy atom. The van der Waals surface area contributed by atoms with Crippen LogP contribution in [0.5, 0.6) is 11.8 Å². The van der Waals surface area contributed by atoms with E-state index in [9.17, 15) is 10.1 Å². The summed E-state index contributed by atoms with van der Waals surface area (Å²) in [6.45, 7) is 0.202. The van der Waals surface area contributed by atoms with Crippen LogP contribution in [0, 0.1) is 10.1 Å². The third-order valence-corrected chi connectivity index (χ3v) is 3.23. The number of methoxy groups -OCH3 is 1. The van der Waals surface area contributed by atoms with E-state index in [0.29, 0.717) is 0 Å². The van der Waals surface area contributed by atoms with Crippen molar-refractivity contribution in [1.29, 1.82) is 0 Å². The number of aromatic nitrogens is 2. The van der Waals surface area contributed by atoms with E-state index >= 15 is 0 Å². The third kappa shape index (κ3) is 2.90. The van der Waals surface area contributed by atoms with Crippen LogP contribution >= 0.6 is 0 Å². The van der Waals surface area contributed by atoms with E-state index in [0.717, 1.165) is 25.7 Å². The van der Waals surface area contributed by atoms with Crippen molar-refractivity contribution in [3.05, 3.63) is 16.4 Å². The zero-order valence-electron chi connectivity index (χ0n) is 10.7. The van der Waals surface area contributed by atoms with E-state index in [-0.39, 0.29) is 24.1 Å². The first-order valence-corrected chi connectivity index (χ1v) is 6.01. The average molecular weight is 268 g/mol. The first kappa shape index (κ1) is 13.5. The van der Waals surface area contributed by atoms with Crippen molar-refractivity contribution in [3.8, 4) is 11.8 Å². The van der Waals surface area contributed by atoms with Gasteiger partial charge in [-0.25, -0.2) is 0 Å². The predicted octanol–water partition coefficient (Wildman–Crippen LogP) is 1.04. The maximum atomic E-state index is 11.0. The van der Waals surface area contributed by atoms with Crippen LogP contribution in [0.25, 0.3) is 0 Å². The van der Waals surface area contributed by atoms with Gasteiger partial charge in [-0.1, -0.05) is 12.8 Å². The number of nitro groups is 1. The molecule has 0 aliphatic heterocycles. The molecular weight excluding hydrogens is 252 g/mol. The molecule has 1 aromatic rings. The molecule has 0 spiro atoms. The molecule has 0 radical (unpaired) electrons. The number of nitrogens with two attached hydrogens (primary N) is 1. The quantitative estimate of drug-likeness (QED) is 0.626. The van der Waals surface area contributed by atoms with Crippen LogP contribution in [0.3, 0.4) is 0 Å². The van der Waals surface area contributed by atoms with Gasteiger partial charge in [0.25, 0.3) is 0 Å². The third-order valence-electron chi connectivity index (χ3n) is 3.23. The molecule has 19 heavy (non-hydrogen) atoms. The molecule has 1 aliphatic rings. The summed E-state index contributed by atoms with van der Waals surface area (Å²) in [5, 5.41) is 11.0. The lowest BCUT2D eigenvalue weighted by molar-refractivity contribution is -0.387. The van der Waals surface area contributed by atoms with Crippen molar-refractivity contribution in [2.24, 2.45) is 5.73 Å². The molecule has 2 N–H and O–H groups in total. The Morgan fingerprint density at radius 3 is 2.63 bits per heavy atom. The topological polar surface area (TPSA) is 113 Å². The molecular formula is C11H16N4O4. The molecule has 1 heterocycles. The molecule has 0 bridgehead atoms. The van der Waals surface area contributed by atoms with Crippen molar-refractivity contribution in [3.63, 3.8) is 0 Å². The van der Waals surface area contributed by atoms with E-state index in [1.54, 1.807) is 0 Å². The molecule has 2 rings (SSSR count). The van der Waals surface area contributed by atoms with E-state index in [1.165, 1.54) is 13.4 Å². The molecule has 8 heteroatoms. The van der Waals surface area contributed by atoms with Crippen molar-refractivity contribution in [1.82, 2.24) is 9.97 Å². The van der Waals surface area contributed by atoms with Crippen LogP contribution in [-0.2, 0) is 0 Å². The van der Waals surface area contributed by atoms with Gasteiger partial charge in [-0.15, -0.1) is 0 Å². The summed E-state index contributed by atoms with van der Waals surface area (Å²) in [7, 11) is 1.31. The van der Waals surface area contributed by atoms with Gasteiger partial charge in [-0.05, 0) is 12.8 Å². The summed E-state index contributed by atoms with van der Waals surface area (Å²) in [6, 6.07) is 0. The first-order valence-electron chi connectivity index (χ1n) is 6.01. The lowest BCUT2D eigenvalue weighted by Crippen LogP contribution is -2.42. The van der Waals surface area contributed by atoms with Gasteiger partial charge in [0.1, 0.15) is 12.9 Å². The molecule has 8 nitrogen and oxygen atoms in total. The molecule has 1 aliphatic carbocycles. The van der Waals surface area contributed by atoms with Gasteiger partial charge in [0.15, 0.2) is 0 Å². The summed E-state index contributed by atoms with van der Waals surface area (Å²) < 4.78 is 10.3. The molecule has 0 aromatic carbocycles. The Labute approximate surface area is 110 Å². The van der Waals surface area contributed by atoms with Crippen molar-refractivity contribution in [2.45, 2.75) is 31.2 Å². The van der Waals surface area contributed by atoms with Crippen LogP contribution in [0.15, 0.2) is 6.33 Å². The van der Waals surface area contributed by atoms with Crippen LogP contribution < -0.4 is 15.2 Å². The minimum Gasteiger partial charge on any atom is -0.476 e. The molecule has 0 atom stereocenters. The smallest absolute Gasteiger partial charge is 0.392 e. The lowest BCUT2D eigenvalue weighted by atomic mass is 10.0. The molecule has 0 saturated heterocycles. The molecule has 0 amide bonds. The van der Waals surface area contributed by atoms with Gasteiger partial charge < -0.3 is 15.2 Å². The summed E-state index contributed by atoms with van der Waals surface area (Å²) in [4.78, 5) is 17.9. The molecule has 1 saturated carbocycles. The monoisotopic (exact) mass is 268 g/mol. The summed E-state index contributed by atoms with van der Waals surface area (Å²) >= 11 is 0. The molecule has 1 fully saturated rings.